The van der Waals surface area contributed by atoms with E-state index in [4.69, 9.17) is 17.4 Å². The summed E-state index contributed by atoms with van der Waals surface area (Å²) in [7, 11) is 0. The molecule has 0 saturated carbocycles. The molecule has 0 aliphatic carbocycles. The van der Waals surface area contributed by atoms with Crippen molar-refractivity contribution in [2.45, 2.75) is 33.2 Å². The van der Waals surface area contributed by atoms with Crippen molar-refractivity contribution in [1.82, 2.24) is 9.88 Å². The van der Waals surface area contributed by atoms with E-state index in [-0.39, 0.29) is 11.9 Å². The predicted octanol–water partition coefficient (Wildman–Crippen LogP) is 2.28. The fourth-order valence-corrected chi connectivity index (χ4v) is 1.88. The number of carbonyl (C=O) groups is 1. The fraction of sp³-hybridized carbons (Fsp3) is 0.500. The van der Waals surface area contributed by atoms with E-state index in [2.05, 4.69) is 10.4 Å². The van der Waals surface area contributed by atoms with E-state index in [9.17, 15) is 4.79 Å². The lowest BCUT2D eigenvalue weighted by Gasteiger charge is -2.26. The molecule has 0 saturated heterocycles. The van der Waals surface area contributed by atoms with Crippen LogP contribution in [0.1, 0.15) is 37.6 Å². The zero-order valence-corrected chi connectivity index (χ0v) is 11.7. The highest BCUT2D eigenvalue weighted by molar-refractivity contribution is 6.33. The lowest BCUT2D eigenvalue weighted by molar-refractivity contribution is 0.0705. The molecule has 6 heteroatoms. The first-order valence-electron chi connectivity index (χ1n) is 5.94. The molecule has 1 aromatic heterocycles. The third-order valence-corrected chi connectivity index (χ3v) is 2.86. The van der Waals surface area contributed by atoms with Crippen LogP contribution in [-0.4, -0.2) is 28.4 Å². The molecule has 0 fully saturated rings. The van der Waals surface area contributed by atoms with Crippen LogP contribution in [0.3, 0.4) is 0 Å². The first-order chi connectivity index (χ1) is 8.51. The summed E-state index contributed by atoms with van der Waals surface area (Å²) in [5, 5.41) is 0.337. The molecule has 5 nitrogen and oxygen atoms in total. The molecule has 18 heavy (non-hydrogen) atoms. The van der Waals surface area contributed by atoms with E-state index < -0.39 is 0 Å². The van der Waals surface area contributed by atoms with E-state index in [0.29, 0.717) is 22.9 Å². The van der Waals surface area contributed by atoms with Gasteiger partial charge in [0.25, 0.3) is 5.91 Å². The average molecular weight is 271 g/mol. The number of carbonyl (C=O) groups excluding carboxylic acids is 1. The SMILES string of the molecule is CCCN(C(=O)c1cnc(NN)c(Cl)c1)C(C)C. The fourth-order valence-electron chi connectivity index (χ4n) is 1.66. The molecule has 0 atom stereocenters. The largest absolute Gasteiger partial charge is 0.336 e. The number of nitrogens with two attached hydrogens (primary N) is 1. The van der Waals surface area contributed by atoms with Crippen LogP contribution in [0.5, 0.6) is 0 Å². The number of hydrazine groups is 1. The topological polar surface area (TPSA) is 71.2 Å². The second-order valence-electron chi connectivity index (χ2n) is 4.29. The van der Waals surface area contributed by atoms with Crippen molar-refractivity contribution >= 4 is 23.3 Å². The highest BCUT2D eigenvalue weighted by atomic mass is 35.5. The van der Waals surface area contributed by atoms with Crippen LogP contribution < -0.4 is 11.3 Å². The predicted molar refractivity (Wildman–Crippen MR) is 73.5 cm³/mol. The maximum absolute atomic E-state index is 12.3. The molecule has 1 heterocycles. The third kappa shape index (κ3) is 3.34. The Bertz CT molecular complexity index is 423. The van der Waals surface area contributed by atoms with Crippen LogP contribution in [0.2, 0.25) is 5.02 Å². The minimum atomic E-state index is -0.0650. The summed E-state index contributed by atoms with van der Waals surface area (Å²) in [4.78, 5) is 18.1. The van der Waals surface area contributed by atoms with Crippen molar-refractivity contribution < 1.29 is 4.79 Å². The van der Waals surface area contributed by atoms with Gasteiger partial charge in [0.2, 0.25) is 0 Å². The number of nitrogens with one attached hydrogen (secondary N) is 1. The maximum Gasteiger partial charge on any atom is 0.255 e. The van der Waals surface area contributed by atoms with Crippen molar-refractivity contribution in [2.24, 2.45) is 5.84 Å². The molecule has 0 aromatic carbocycles. The standard InChI is InChI=1S/C12H19ClN4O/c1-4-5-17(8(2)3)12(18)9-6-10(13)11(16-14)15-7-9/h6-8H,4-5,14H2,1-3H3,(H,15,16). The zero-order chi connectivity index (χ0) is 13.7. The molecule has 0 aliphatic heterocycles. The Morgan fingerprint density at radius 3 is 2.72 bits per heavy atom. The van der Waals surface area contributed by atoms with Crippen LogP contribution in [0.4, 0.5) is 5.82 Å². The van der Waals surface area contributed by atoms with Crippen molar-refractivity contribution in [3.8, 4) is 0 Å². The second kappa shape index (κ2) is 6.56. The van der Waals surface area contributed by atoms with Crippen LogP contribution in [-0.2, 0) is 0 Å². The van der Waals surface area contributed by atoms with Crippen LogP contribution in [0, 0.1) is 0 Å². The number of amides is 1. The second-order valence-corrected chi connectivity index (χ2v) is 4.70. The zero-order valence-electron chi connectivity index (χ0n) is 10.9. The maximum atomic E-state index is 12.3. The average Bonchev–Trinajstić information content (AvgIpc) is 2.34. The summed E-state index contributed by atoms with van der Waals surface area (Å²) in [6.45, 7) is 6.72. The van der Waals surface area contributed by atoms with Crippen LogP contribution in [0.15, 0.2) is 12.3 Å². The number of rotatable bonds is 5. The van der Waals surface area contributed by atoms with Crippen molar-refractivity contribution in [1.29, 1.82) is 0 Å². The number of hydrogen-bond acceptors (Lipinski definition) is 4. The molecule has 0 aliphatic rings. The number of anilines is 1. The molecule has 1 rings (SSSR count). The Morgan fingerprint density at radius 1 is 1.61 bits per heavy atom. The summed E-state index contributed by atoms with van der Waals surface area (Å²) in [6.07, 6.45) is 2.39. The molecule has 0 unspecified atom stereocenters. The molecule has 100 valence electrons. The van der Waals surface area contributed by atoms with Crippen LogP contribution in [0.25, 0.3) is 0 Å². The number of halogens is 1. The van der Waals surface area contributed by atoms with Gasteiger partial charge in [0, 0.05) is 18.8 Å². The summed E-state index contributed by atoms with van der Waals surface area (Å²) < 4.78 is 0. The monoisotopic (exact) mass is 270 g/mol. The highest BCUT2D eigenvalue weighted by Crippen LogP contribution is 2.20. The van der Waals surface area contributed by atoms with Gasteiger partial charge in [-0.1, -0.05) is 18.5 Å². The van der Waals surface area contributed by atoms with E-state index in [1.807, 2.05) is 20.8 Å². The normalized spacial score (nSPS) is 10.6. The highest BCUT2D eigenvalue weighted by Gasteiger charge is 2.19. The van der Waals surface area contributed by atoms with E-state index >= 15 is 0 Å². The first kappa shape index (κ1) is 14.7. The lowest BCUT2D eigenvalue weighted by atomic mass is 10.2. The van der Waals surface area contributed by atoms with Crippen LogP contribution >= 0.6 is 11.6 Å². The van der Waals surface area contributed by atoms with Gasteiger partial charge in [-0.3, -0.25) is 4.79 Å². The molecular weight excluding hydrogens is 252 g/mol. The summed E-state index contributed by atoms with van der Waals surface area (Å²) >= 11 is 5.96. The Labute approximate surface area is 112 Å². The number of aromatic nitrogens is 1. The Hall–Kier alpha value is -1.33. The van der Waals surface area contributed by atoms with Gasteiger partial charge in [0.05, 0.1) is 10.6 Å². The summed E-state index contributed by atoms with van der Waals surface area (Å²) in [5.41, 5.74) is 2.84. The van der Waals surface area contributed by atoms with E-state index in [1.165, 1.54) is 6.20 Å². The molecule has 0 radical (unpaired) electrons. The summed E-state index contributed by atoms with van der Waals surface area (Å²) in [6, 6.07) is 1.72. The smallest absolute Gasteiger partial charge is 0.255 e. The minimum absolute atomic E-state index is 0.0650. The van der Waals surface area contributed by atoms with E-state index in [0.717, 1.165) is 6.42 Å². The lowest BCUT2D eigenvalue weighted by Crippen LogP contribution is -2.37. The molecule has 0 spiro atoms. The third-order valence-electron chi connectivity index (χ3n) is 2.57. The number of pyridine rings is 1. The molecule has 3 N–H and O–H groups in total. The van der Waals surface area contributed by atoms with Crippen molar-refractivity contribution in [2.75, 3.05) is 12.0 Å². The Kier molecular flexibility index (Phi) is 5.37. The quantitative estimate of drug-likeness (QED) is 0.636. The minimum Gasteiger partial charge on any atom is -0.336 e. The van der Waals surface area contributed by atoms with Gasteiger partial charge >= 0.3 is 0 Å². The van der Waals surface area contributed by atoms with Gasteiger partial charge in [-0.2, -0.15) is 0 Å². The number of nitrogens with zero attached hydrogens (tertiary/aromatic N) is 2. The van der Waals surface area contributed by atoms with Gasteiger partial charge in [-0.15, -0.1) is 0 Å². The van der Waals surface area contributed by atoms with Gasteiger partial charge in [0.15, 0.2) is 5.82 Å². The molecule has 0 bridgehead atoms. The van der Waals surface area contributed by atoms with E-state index in [1.54, 1.807) is 11.0 Å². The molecular formula is C12H19ClN4O. The Morgan fingerprint density at radius 2 is 2.28 bits per heavy atom. The molecule has 1 aromatic rings. The Balaban J connectivity index is 2.98. The van der Waals surface area contributed by atoms with Gasteiger partial charge in [0.1, 0.15) is 0 Å². The van der Waals surface area contributed by atoms with Crippen molar-refractivity contribution in [3.63, 3.8) is 0 Å². The van der Waals surface area contributed by atoms with Crippen molar-refractivity contribution in [3.05, 3.63) is 22.8 Å². The number of nitrogen functional groups attached to an aromatic ring is 1. The number of hydrogen-bond donors (Lipinski definition) is 2. The molecule has 1 amide bonds. The first-order valence-corrected chi connectivity index (χ1v) is 6.32. The van der Waals surface area contributed by atoms with Gasteiger partial charge < -0.3 is 10.3 Å². The summed E-state index contributed by atoms with van der Waals surface area (Å²) in [5.74, 6) is 5.54. The van der Waals surface area contributed by atoms with Gasteiger partial charge in [-0.05, 0) is 26.3 Å². The van der Waals surface area contributed by atoms with Gasteiger partial charge in [-0.25, -0.2) is 10.8 Å².